The number of fused-ring (bicyclic) bond motifs is 1. The van der Waals surface area contributed by atoms with E-state index in [0.29, 0.717) is 0 Å². The number of hydrogen-bond donors (Lipinski definition) is 1. The number of pyridine rings is 1. The molecule has 0 saturated carbocycles. The van der Waals surface area contributed by atoms with Gasteiger partial charge in [0, 0.05) is 6.20 Å². The van der Waals surface area contributed by atoms with E-state index in [4.69, 9.17) is 0 Å². The summed E-state index contributed by atoms with van der Waals surface area (Å²) in [4.78, 5) is 4.36. The van der Waals surface area contributed by atoms with E-state index in [2.05, 4.69) is 24.0 Å². The minimum absolute atomic E-state index is 0.671. The van der Waals surface area contributed by atoms with Crippen LogP contribution in [0, 0.1) is 0 Å². The fraction of sp³-hybridized carbons (Fsp3) is 0.167. The van der Waals surface area contributed by atoms with Gasteiger partial charge in [-0.1, -0.05) is 49.4 Å². The maximum absolute atomic E-state index is 10.6. The minimum atomic E-state index is -0.671. The van der Waals surface area contributed by atoms with Crippen molar-refractivity contribution >= 4 is 10.8 Å². The molecule has 0 spiro atoms. The van der Waals surface area contributed by atoms with Crippen molar-refractivity contribution in [2.45, 2.75) is 19.4 Å². The number of rotatable bonds is 3. The highest BCUT2D eigenvalue weighted by atomic mass is 16.3. The van der Waals surface area contributed by atoms with E-state index in [9.17, 15) is 5.11 Å². The number of aryl methyl sites for hydroxylation is 1. The van der Waals surface area contributed by atoms with Gasteiger partial charge in [-0.15, -0.1) is 0 Å². The van der Waals surface area contributed by atoms with Gasteiger partial charge in [0.1, 0.15) is 6.10 Å². The molecule has 1 unspecified atom stereocenters. The van der Waals surface area contributed by atoms with E-state index in [1.54, 1.807) is 6.20 Å². The van der Waals surface area contributed by atoms with Crippen molar-refractivity contribution < 1.29 is 5.11 Å². The van der Waals surface area contributed by atoms with Crippen molar-refractivity contribution in [1.29, 1.82) is 0 Å². The summed E-state index contributed by atoms with van der Waals surface area (Å²) in [5, 5.41) is 12.9. The molecule has 100 valence electrons. The molecule has 20 heavy (non-hydrogen) atoms. The molecule has 0 saturated heterocycles. The molecule has 0 bridgehead atoms. The van der Waals surface area contributed by atoms with Crippen LogP contribution in [0.5, 0.6) is 0 Å². The zero-order valence-electron chi connectivity index (χ0n) is 11.5. The van der Waals surface area contributed by atoms with Gasteiger partial charge in [-0.05, 0) is 40.5 Å². The third-order valence-electron chi connectivity index (χ3n) is 3.66. The minimum Gasteiger partial charge on any atom is -0.382 e. The normalized spacial score (nSPS) is 12.5. The number of aliphatic hydroxyl groups is 1. The standard InChI is InChI=1S/C18H17NO/c1-2-13-8-5-11-19-17(13)18(20)16-10-9-14-6-3-4-7-15(14)12-16/h3-12,18,20H,2H2,1H3. The van der Waals surface area contributed by atoms with Crippen LogP contribution >= 0.6 is 0 Å². The van der Waals surface area contributed by atoms with Gasteiger partial charge in [0.2, 0.25) is 0 Å². The molecule has 0 aliphatic heterocycles. The number of nitrogens with zero attached hydrogens (tertiary/aromatic N) is 1. The Hall–Kier alpha value is -2.19. The largest absolute Gasteiger partial charge is 0.382 e. The van der Waals surface area contributed by atoms with Crippen LogP contribution < -0.4 is 0 Å². The lowest BCUT2D eigenvalue weighted by atomic mass is 9.98. The summed E-state index contributed by atoms with van der Waals surface area (Å²) in [5.74, 6) is 0. The van der Waals surface area contributed by atoms with Crippen LogP contribution in [0.1, 0.15) is 29.8 Å². The van der Waals surface area contributed by atoms with Gasteiger partial charge in [-0.3, -0.25) is 4.98 Å². The molecule has 1 aromatic heterocycles. The number of benzene rings is 2. The summed E-state index contributed by atoms with van der Waals surface area (Å²) in [7, 11) is 0. The summed E-state index contributed by atoms with van der Waals surface area (Å²) in [6.45, 7) is 2.08. The van der Waals surface area contributed by atoms with E-state index < -0.39 is 6.10 Å². The number of aliphatic hydroxyl groups excluding tert-OH is 1. The summed E-state index contributed by atoms with van der Waals surface area (Å²) < 4.78 is 0. The van der Waals surface area contributed by atoms with Gasteiger partial charge in [-0.2, -0.15) is 0 Å². The molecule has 2 aromatic carbocycles. The summed E-state index contributed by atoms with van der Waals surface area (Å²) in [6.07, 6.45) is 1.93. The average molecular weight is 263 g/mol. The maximum atomic E-state index is 10.6. The second kappa shape index (κ2) is 5.43. The van der Waals surface area contributed by atoms with E-state index in [1.807, 2.05) is 42.5 Å². The van der Waals surface area contributed by atoms with E-state index in [1.165, 1.54) is 5.39 Å². The molecular formula is C18H17NO. The zero-order chi connectivity index (χ0) is 13.9. The number of aromatic nitrogens is 1. The summed E-state index contributed by atoms with van der Waals surface area (Å²) in [6, 6.07) is 18.2. The monoisotopic (exact) mass is 263 g/mol. The third kappa shape index (κ3) is 2.30. The van der Waals surface area contributed by atoms with Crippen LogP contribution in [0.3, 0.4) is 0 Å². The first-order valence-corrected chi connectivity index (χ1v) is 6.90. The van der Waals surface area contributed by atoms with Crippen molar-refractivity contribution in [1.82, 2.24) is 4.98 Å². The Morgan fingerprint density at radius 1 is 1.00 bits per heavy atom. The van der Waals surface area contributed by atoms with Gasteiger partial charge >= 0.3 is 0 Å². The second-order valence-electron chi connectivity index (χ2n) is 4.91. The molecule has 0 fully saturated rings. The van der Waals surface area contributed by atoms with Crippen molar-refractivity contribution in [3.8, 4) is 0 Å². The lowest BCUT2D eigenvalue weighted by molar-refractivity contribution is 0.214. The van der Waals surface area contributed by atoms with E-state index in [-0.39, 0.29) is 0 Å². The molecule has 0 amide bonds. The fourth-order valence-corrected chi connectivity index (χ4v) is 2.53. The van der Waals surface area contributed by atoms with Crippen molar-refractivity contribution in [2.24, 2.45) is 0 Å². The van der Waals surface area contributed by atoms with Gasteiger partial charge in [0.25, 0.3) is 0 Å². The average Bonchev–Trinajstić information content (AvgIpc) is 2.53. The van der Waals surface area contributed by atoms with Crippen molar-refractivity contribution in [2.75, 3.05) is 0 Å². The van der Waals surface area contributed by atoms with Crippen LogP contribution in [-0.2, 0) is 6.42 Å². The first-order chi connectivity index (χ1) is 9.79. The van der Waals surface area contributed by atoms with E-state index >= 15 is 0 Å². The fourth-order valence-electron chi connectivity index (χ4n) is 2.53. The molecule has 0 aliphatic carbocycles. The molecule has 1 heterocycles. The SMILES string of the molecule is CCc1cccnc1C(O)c1ccc2ccccc2c1. The molecule has 2 nitrogen and oxygen atoms in total. The predicted molar refractivity (Wildman–Crippen MR) is 81.6 cm³/mol. The third-order valence-corrected chi connectivity index (χ3v) is 3.66. The van der Waals surface area contributed by atoms with E-state index in [0.717, 1.165) is 28.6 Å². The van der Waals surface area contributed by atoms with Crippen LogP contribution in [-0.4, -0.2) is 10.1 Å². The van der Waals surface area contributed by atoms with Gasteiger partial charge < -0.3 is 5.11 Å². The Balaban J connectivity index is 2.05. The molecule has 0 aliphatic rings. The molecular weight excluding hydrogens is 246 g/mol. The highest BCUT2D eigenvalue weighted by Crippen LogP contribution is 2.26. The Morgan fingerprint density at radius 3 is 2.60 bits per heavy atom. The lowest BCUT2D eigenvalue weighted by Crippen LogP contribution is -2.06. The smallest absolute Gasteiger partial charge is 0.121 e. The van der Waals surface area contributed by atoms with Crippen LogP contribution in [0.15, 0.2) is 60.8 Å². The quantitative estimate of drug-likeness (QED) is 0.778. The number of hydrogen-bond acceptors (Lipinski definition) is 2. The zero-order valence-corrected chi connectivity index (χ0v) is 11.5. The Labute approximate surface area is 118 Å². The van der Waals surface area contributed by atoms with Crippen LogP contribution in [0.2, 0.25) is 0 Å². The predicted octanol–water partition coefficient (Wildman–Crippen LogP) is 3.88. The van der Waals surface area contributed by atoms with Crippen molar-refractivity contribution in [3.63, 3.8) is 0 Å². The molecule has 1 atom stereocenters. The Bertz CT molecular complexity index is 736. The van der Waals surface area contributed by atoms with Gasteiger partial charge in [0.05, 0.1) is 5.69 Å². The molecule has 2 heteroatoms. The van der Waals surface area contributed by atoms with Gasteiger partial charge in [0.15, 0.2) is 0 Å². The first-order valence-electron chi connectivity index (χ1n) is 6.90. The molecule has 1 N–H and O–H groups in total. The molecule has 3 rings (SSSR count). The van der Waals surface area contributed by atoms with Gasteiger partial charge in [-0.25, -0.2) is 0 Å². The molecule has 0 radical (unpaired) electrons. The first kappa shape index (κ1) is 12.8. The summed E-state index contributed by atoms with van der Waals surface area (Å²) in [5.41, 5.74) is 2.73. The topological polar surface area (TPSA) is 33.1 Å². The second-order valence-corrected chi connectivity index (χ2v) is 4.91. The lowest BCUT2D eigenvalue weighted by Gasteiger charge is -2.14. The van der Waals surface area contributed by atoms with Crippen LogP contribution in [0.25, 0.3) is 10.8 Å². The summed E-state index contributed by atoms with van der Waals surface area (Å²) >= 11 is 0. The Kier molecular flexibility index (Phi) is 3.48. The van der Waals surface area contributed by atoms with Crippen molar-refractivity contribution in [3.05, 3.63) is 77.6 Å². The van der Waals surface area contributed by atoms with Crippen LogP contribution in [0.4, 0.5) is 0 Å². The highest BCUT2D eigenvalue weighted by Gasteiger charge is 2.15. The highest BCUT2D eigenvalue weighted by molar-refractivity contribution is 5.83. The molecule has 3 aromatic rings. The Morgan fingerprint density at radius 2 is 1.80 bits per heavy atom. The maximum Gasteiger partial charge on any atom is 0.121 e.